The van der Waals surface area contributed by atoms with Gasteiger partial charge in [0.2, 0.25) is 0 Å². The average molecular weight is 263 g/mol. The lowest BCUT2D eigenvalue weighted by Crippen LogP contribution is -2.15. The maximum Gasteiger partial charge on any atom is 0.265 e. The third-order valence-electron chi connectivity index (χ3n) is 2.50. The first-order valence-corrected chi connectivity index (χ1v) is 6.77. The van der Waals surface area contributed by atoms with Crippen molar-refractivity contribution in [1.29, 1.82) is 0 Å². The predicted molar refractivity (Wildman–Crippen MR) is 70.6 cm³/mol. The van der Waals surface area contributed by atoms with E-state index in [1.54, 1.807) is 12.1 Å². The summed E-state index contributed by atoms with van der Waals surface area (Å²) >= 11 is 0. The van der Waals surface area contributed by atoms with E-state index in [-0.39, 0.29) is 10.6 Å². The standard InChI is InChI=1S/C12H13N3O2S/c1-9-4-2-3-5-11(9)15-18(16,17)12-8-14-7-6-10(12)13/h2-8,15H,1H3,(H2,13,14). The van der Waals surface area contributed by atoms with E-state index in [2.05, 4.69) is 9.71 Å². The topological polar surface area (TPSA) is 85.1 Å². The van der Waals surface area contributed by atoms with Crippen LogP contribution in [-0.4, -0.2) is 13.4 Å². The van der Waals surface area contributed by atoms with Crippen molar-refractivity contribution >= 4 is 21.4 Å². The minimum absolute atomic E-state index is 0.0201. The Kier molecular flexibility index (Phi) is 3.20. The van der Waals surface area contributed by atoms with Gasteiger partial charge in [0.1, 0.15) is 4.90 Å². The fourth-order valence-electron chi connectivity index (χ4n) is 1.50. The summed E-state index contributed by atoms with van der Waals surface area (Å²) in [5.74, 6) is 0. The molecule has 0 fully saturated rings. The number of nitrogens with one attached hydrogen (secondary N) is 1. The molecule has 0 spiro atoms. The molecular weight excluding hydrogens is 250 g/mol. The highest BCUT2D eigenvalue weighted by molar-refractivity contribution is 7.92. The number of nitrogens with two attached hydrogens (primary N) is 1. The van der Waals surface area contributed by atoms with Crippen molar-refractivity contribution in [2.24, 2.45) is 0 Å². The normalized spacial score (nSPS) is 11.2. The van der Waals surface area contributed by atoms with Crippen molar-refractivity contribution < 1.29 is 8.42 Å². The smallest absolute Gasteiger partial charge is 0.265 e. The molecule has 3 N–H and O–H groups in total. The summed E-state index contributed by atoms with van der Waals surface area (Å²) in [6.45, 7) is 1.82. The number of rotatable bonds is 3. The molecule has 0 amide bonds. The molecule has 2 rings (SSSR count). The van der Waals surface area contributed by atoms with Gasteiger partial charge in [-0.2, -0.15) is 0 Å². The summed E-state index contributed by atoms with van der Waals surface area (Å²) in [6.07, 6.45) is 2.68. The summed E-state index contributed by atoms with van der Waals surface area (Å²) in [4.78, 5) is 3.76. The van der Waals surface area contributed by atoms with Crippen molar-refractivity contribution in [1.82, 2.24) is 4.98 Å². The van der Waals surface area contributed by atoms with Crippen molar-refractivity contribution in [2.75, 3.05) is 10.5 Å². The number of hydrogen-bond donors (Lipinski definition) is 2. The molecule has 0 aliphatic heterocycles. The van der Waals surface area contributed by atoms with Crippen LogP contribution in [0.4, 0.5) is 11.4 Å². The van der Waals surface area contributed by atoms with Crippen molar-refractivity contribution in [2.45, 2.75) is 11.8 Å². The first-order valence-electron chi connectivity index (χ1n) is 5.28. The highest BCUT2D eigenvalue weighted by Crippen LogP contribution is 2.21. The molecule has 1 aromatic heterocycles. The van der Waals surface area contributed by atoms with Crippen LogP contribution in [-0.2, 0) is 10.0 Å². The van der Waals surface area contributed by atoms with Gasteiger partial charge in [-0.25, -0.2) is 8.42 Å². The molecule has 0 atom stereocenters. The van der Waals surface area contributed by atoms with Crippen LogP contribution in [0.2, 0.25) is 0 Å². The number of sulfonamides is 1. The fourth-order valence-corrected chi connectivity index (χ4v) is 2.71. The first-order chi connectivity index (χ1) is 8.50. The first kappa shape index (κ1) is 12.4. The van der Waals surface area contributed by atoms with Crippen molar-refractivity contribution in [3.63, 3.8) is 0 Å². The van der Waals surface area contributed by atoms with E-state index in [1.165, 1.54) is 18.5 Å². The third kappa shape index (κ3) is 2.43. The van der Waals surface area contributed by atoms with E-state index in [9.17, 15) is 8.42 Å². The summed E-state index contributed by atoms with van der Waals surface area (Å²) in [5, 5.41) is 0. The van der Waals surface area contributed by atoms with Gasteiger partial charge in [-0.15, -0.1) is 0 Å². The van der Waals surface area contributed by atoms with Crippen LogP contribution in [0.1, 0.15) is 5.56 Å². The number of anilines is 2. The Balaban J connectivity index is 2.40. The Morgan fingerprint density at radius 1 is 1.22 bits per heavy atom. The zero-order valence-electron chi connectivity index (χ0n) is 9.79. The van der Waals surface area contributed by atoms with Crippen LogP contribution in [0.5, 0.6) is 0 Å². The largest absolute Gasteiger partial charge is 0.398 e. The third-order valence-corrected chi connectivity index (χ3v) is 3.90. The quantitative estimate of drug-likeness (QED) is 0.883. The maximum absolute atomic E-state index is 12.1. The zero-order chi connectivity index (χ0) is 13.2. The molecule has 0 aliphatic carbocycles. The fraction of sp³-hybridized carbons (Fsp3) is 0.0833. The Morgan fingerprint density at radius 3 is 2.61 bits per heavy atom. The molecule has 0 saturated heterocycles. The van der Waals surface area contributed by atoms with E-state index in [4.69, 9.17) is 5.73 Å². The molecule has 18 heavy (non-hydrogen) atoms. The van der Waals surface area contributed by atoms with Gasteiger partial charge in [0.15, 0.2) is 0 Å². The van der Waals surface area contributed by atoms with Gasteiger partial charge in [-0.05, 0) is 24.6 Å². The second-order valence-corrected chi connectivity index (χ2v) is 5.48. The molecule has 0 unspecified atom stereocenters. The number of benzene rings is 1. The molecule has 0 aliphatic rings. The van der Waals surface area contributed by atoms with Crippen LogP contribution in [0.25, 0.3) is 0 Å². The van der Waals surface area contributed by atoms with Crippen LogP contribution >= 0.6 is 0 Å². The molecule has 0 saturated carbocycles. The van der Waals surface area contributed by atoms with E-state index in [0.717, 1.165) is 5.56 Å². The molecule has 2 aromatic rings. The minimum Gasteiger partial charge on any atom is -0.398 e. The van der Waals surface area contributed by atoms with Crippen molar-refractivity contribution in [3.05, 3.63) is 48.3 Å². The Morgan fingerprint density at radius 2 is 1.94 bits per heavy atom. The Labute approximate surface area is 106 Å². The van der Waals surface area contributed by atoms with Crippen LogP contribution in [0.15, 0.2) is 47.6 Å². The summed E-state index contributed by atoms with van der Waals surface area (Å²) in [5.41, 5.74) is 7.18. The lowest BCUT2D eigenvalue weighted by atomic mass is 10.2. The van der Waals surface area contributed by atoms with Gasteiger partial charge < -0.3 is 5.73 Å². The molecule has 6 heteroatoms. The van der Waals surface area contributed by atoms with E-state index >= 15 is 0 Å². The summed E-state index contributed by atoms with van der Waals surface area (Å²) < 4.78 is 26.8. The second-order valence-electron chi connectivity index (χ2n) is 3.83. The predicted octanol–water partition coefficient (Wildman–Crippen LogP) is 1.77. The van der Waals surface area contributed by atoms with Crippen LogP contribution in [0, 0.1) is 6.92 Å². The number of para-hydroxylation sites is 1. The van der Waals surface area contributed by atoms with Gasteiger partial charge in [-0.1, -0.05) is 18.2 Å². The minimum atomic E-state index is -3.70. The van der Waals surface area contributed by atoms with E-state index < -0.39 is 10.0 Å². The van der Waals surface area contributed by atoms with Gasteiger partial charge in [0.25, 0.3) is 10.0 Å². The van der Waals surface area contributed by atoms with E-state index in [1.807, 2.05) is 19.1 Å². The molecule has 1 aromatic carbocycles. The average Bonchev–Trinajstić information content (AvgIpc) is 2.32. The van der Waals surface area contributed by atoms with Crippen molar-refractivity contribution in [3.8, 4) is 0 Å². The van der Waals surface area contributed by atoms with Crippen LogP contribution < -0.4 is 10.5 Å². The van der Waals surface area contributed by atoms with Gasteiger partial charge in [0, 0.05) is 12.4 Å². The molecule has 0 radical (unpaired) electrons. The SMILES string of the molecule is Cc1ccccc1NS(=O)(=O)c1cnccc1N. The van der Waals surface area contributed by atoms with Gasteiger partial charge >= 0.3 is 0 Å². The monoisotopic (exact) mass is 263 g/mol. The van der Waals surface area contributed by atoms with Gasteiger partial charge in [-0.3, -0.25) is 9.71 Å². The second kappa shape index (κ2) is 4.66. The Hall–Kier alpha value is -2.08. The van der Waals surface area contributed by atoms with Gasteiger partial charge in [0.05, 0.1) is 11.4 Å². The molecule has 1 heterocycles. The number of pyridine rings is 1. The number of aromatic nitrogens is 1. The molecule has 94 valence electrons. The van der Waals surface area contributed by atoms with E-state index in [0.29, 0.717) is 5.69 Å². The number of nitrogen functional groups attached to an aromatic ring is 1. The maximum atomic E-state index is 12.1. The summed E-state index contributed by atoms with van der Waals surface area (Å²) in [7, 11) is -3.70. The number of aryl methyl sites for hydroxylation is 1. The highest BCUT2D eigenvalue weighted by Gasteiger charge is 2.18. The molecular formula is C12H13N3O2S. The highest BCUT2D eigenvalue weighted by atomic mass is 32.2. The van der Waals surface area contributed by atoms with Crippen LogP contribution in [0.3, 0.4) is 0 Å². The lowest BCUT2D eigenvalue weighted by molar-refractivity contribution is 0.601. The summed E-state index contributed by atoms with van der Waals surface area (Å²) in [6, 6.07) is 8.57. The molecule has 5 nitrogen and oxygen atoms in total. The molecule has 0 bridgehead atoms. The number of nitrogens with zero attached hydrogens (tertiary/aromatic N) is 1. The zero-order valence-corrected chi connectivity index (χ0v) is 10.6. The number of hydrogen-bond acceptors (Lipinski definition) is 4. The Bertz CT molecular complexity index is 669. The lowest BCUT2D eigenvalue weighted by Gasteiger charge is -2.11.